The van der Waals surface area contributed by atoms with Crippen molar-refractivity contribution in [1.82, 2.24) is 5.43 Å². The molecule has 0 heterocycles. The van der Waals surface area contributed by atoms with Crippen molar-refractivity contribution >= 4 is 15.9 Å². The Morgan fingerprint density at radius 3 is 2.50 bits per heavy atom. The van der Waals surface area contributed by atoms with Crippen molar-refractivity contribution < 1.29 is 4.39 Å². The van der Waals surface area contributed by atoms with Crippen molar-refractivity contribution in [3.05, 3.63) is 34.1 Å². The molecule has 1 unspecified atom stereocenters. The van der Waals surface area contributed by atoms with Gasteiger partial charge in [-0.3, -0.25) is 11.3 Å². The van der Waals surface area contributed by atoms with Gasteiger partial charge in [-0.15, -0.1) is 0 Å². The molecule has 1 aliphatic rings. The van der Waals surface area contributed by atoms with Gasteiger partial charge in [0.2, 0.25) is 0 Å². The molecule has 1 aliphatic carbocycles. The Balaban J connectivity index is 2.23. The maximum atomic E-state index is 13.6. The molecule has 0 radical (unpaired) electrons. The topological polar surface area (TPSA) is 38.0 Å². The highest BCUT2D eigenvalue weighted by molar-refractivity contribution is 9.10. The van der Waals surface area contributed by atoms with Gasteiger partial charge in [-0.1, -0.05) is 37.8 Å². The lowest BCUT2D eigenvalue weighted by molar-refractivity contribution is 0.327. The average Bonchev–Trinajstić information content (AvgIpc) is 2.64. The van der Waals surface area contributed by atoms with E-state index in [1.807, 2.05) is 6.07 Å². The van der Waals surface area contributed by atoms with Gasteiger partial charge in [0.25, 0.3) is 0 Å². The lowest BCUT2D eigenvalue weighted by Crippen LogP contribution is -2.33. The Kier molecular flexibility index (Phi) is 5.15. The first-order valence-electron chi connectivity index (χ1n) is 6.64. The number of halogens is 2. The first-order chi connectivity index (χ1) is 8.74. The number of nitrogens with one attached hydrogen (secondary N) is 1. The number of hydrogen-bond donors (Lipinski definition) is 2. The fourth-order valence-electron chi connectivity index (χ4n) is 2.88. The first-order valence-corrected chi connectivity index (χ1v) is 7.43. The van der Waals surface area contributed by atoms with Crippen LogP contribution in [0.2, 0.25) is 0 Å². The Morgan fingerprint density at radius 2 is 1.89 bits per heavy atom. The fraction of sp³-hybridized carbons (Fsp3) is 0.571. The third kappa shape index (κ3) is 3.11. The minimum absolute atomic E-state index is 0.0353. The summed E-state index contributed by atoms with van der Waals surface area (Å²) in [6.07, 6.45) is 7.43. The second kappa shape index (κ2) is 6.64. The van der Waals surface area contributed by atoms with Crippen LogP contribution in [0, 0.1) is 11.7 Å². The summed E-state index contributed by atoms with van der Waals surface area (Å²) in [5, 5.41) is 0. The van der Waals surface area contributed by atoms with Crippen molar-refractivity contribution in [3.63, 3.8) is 0 Å². The van der Waals surface area contributed by atoms with Crippen LogP contribution in [-0.2, 0) is 0 Å². The van der Waals surface area contributed by atoms with Gasteiger partial charge in [-0.05, 0) is 46.3 Å². The Labute approximate surface area is 116 Å². The highest BCUT2D eigenvalue weighted by Gasteiger charge is 2.25. The van der Waals surface area contributed by atoms with E-state index in [-0.39, 0.29) is 11.9 Å². The molecule has 0 saturated heterocycles. The molecule has 0 aromatic heterocycles. The SMILES string of the molecule is NNC(c1cccc(F)c1Br)C1CCCCCC1. The predicted octanol–water partition coefficient (Wildman–Crippen LogP) is 4.06. The lowest BCUT2D eigenvalue weighted by Gasteiger charge is -2.26. The van der Waals surface area contributed by atoms with E-state index in [4.69, 9.17) is 5.84 Å². The summed E-state index contributed by atoms with van der Waals surface area (Å²) in [7, 11) is 0. The molecule has 0 bridgehead atoms. The van der Waals surface area contributed by atoms with Crippen LogP contribution in [0.4, 0.5) is 4.39 Å². The molecule has 100 valence electrons. The standard InChI is InChI=1S/C14H20BrFN2/c15-13-11(8-5-9-12(13)16)14(18-17)10-6-3-1-2-4-7-10/h5,8-10,14,18H,1-4,6-7,17H2. The quantitative estimate of drug-likeness (QED) is 0.501. The molecular weight excluding hydrogens is 295 g/mol. The van der Waals surface area contributed by atoms with E-state index in [9.17, 15) is 4.39 Å². The molecule has 1 saturated carbocycles. The Bertz CT molecular complexity index is 389. The van der Waals surface area contributed by atoms with Crippen LogP contribution in [0.25, 0.3) is 0 Å². The van der Waals surface area contributed by atoms with Crippen LogP contribution in [0.5, 0.6) is 0 Å². The van der Waals surface area contributed by atoms with Gasteiger partial charge in [0.15, 0.2) is 0 Å². The molecule has 1 aromatic carbocycles. The van der Waals surface area contributed by atoms with Gasteiger partial charge >= 0.3 is 0 Å². The number of rotatable bonds is 3. The third-order valence-corrected chi connectivity index (χ3v) is 4.70. The highest BCUT2D eigenvalue weighted by Crippen LogP contribution is 2.36. The molecule has 0 amide bonds. The molecule has 1 fully saturated rings. The van der Waals surface area contributed by atoms with Crippen LogP contribution in [-0.4, -0.2) is 0 Å². The van der Waals surface area contributed by atoms with Gasteiger partial charge in [0, 0.05) is 6.04 Å². The molecule has 2 rings (SSSR count). The van der Waals surface area contributed by atoms with E-state index < -0.39 is 0 Å². The summed E-state index contributed by atoms with van der Waals surface area (Å²) in [6.45, 7) is 0. The monoisotopic (exact) mass is 314 g/mol. The minimum atomic E-state index is -0.221. The fourth-order valence-corrected chi connectivity index (χ4v) is 3.40. The zero-order valence-corrected chi connectivity index (χ0v) is 12.0. The molecule has 0 aliphatic heterocycles. The number of benzene rings is 1. The van der Waals surface area contributed by atoms with Crippen molar-refractivity contribution in [1.29, 1.82) is 0 Å². The van der Waals surface area contributed by atoms with Gasteiger partial charge < -0.3 is 0 Å². The number of hydrazine groups is 1. The largest absolute Gasteiger partial charge is 0.271 e. The second-order valence-electron chi connectivity index (χ2n) is 5.04. The van der Waals surface area contributed by atoms with Crippen molar-refractivity contribution in [3.8, 4) is 0 Å². The maximum absolute atomic E-state index is 13.6. The van der Waals surface area contributed by atoms with Crippen LogP contribution in [0.3, 0.4) is 0 Å². The average molecular weight is 315 g/mol. The summed E-state index contributed by atoms with van der Waals surface area (Å²) in [6, 6.07) is 5.20. The van der Waals surface area contributed by atoms with Crippen molar-refractivity contribution in [2.24, 2.45) is 11.8 Å². The van der Waals surface area contributed by atoms with E-state index in [1.165, 1.54) is 31.7 Å². The minimum Gasteiger partial charge on any atom is -0.271 e. The molecule has 4 heteroatoms. The molecule has 0 spiro atoms. The summed E-state index contributed by atoms with van der Waals surface area (Å²) >= 11 is 3.34. The van der Waals surface area contributed by atoms with E-state index in [0.717, 1.165) is 18.4 Å². The smallest absolute Gasteiger partial charge is 0.137 e. The molecule has 3 N–H and O–H groups in total. The van der Waals surface area contributed by atoms with Crippen molar-refractivity contribution in [2.45, 2.75) is 44.6 Å². The van der Waals surface area contributed by atoms with Gasteiger partial charge in [-0.2, -0.15) is 0 Å². The molecule has 18 heavy (non-hydrogen) atoms. The van der Waals surface area contributed by atoms with Gasteiger partial charge in [-0.25, -0.2) is 4.39 Å². The summed E-state index contributed by atoms with van der Waals surface area (Å²) in [4.78, 5) is 0. The van der Waals surface area contributed by atoms with E-state index in [0.29, 0.717) is 10.4 Å². The van der Waals surface area contributed by atoms with Crippen LogP contribution < -0.4 is 11.3 Å². The maximum Gasteiger partial charge on any atom is 0.137 e. The second-order valence-corrected chi connectivity index (χ2v) is 5.83. The Hall–Kier alpha value is -0.450. The zero-order valence-electron chi connectivity index (χ0n) is 10.5. The molecular formula is C14H20BrFN2. The molecule has 2 nitrogen and oxygen atoms in total. The summed E-state index contributed by atoms with van der Waals surface area (Å²) in [5.74, 6) is 5.99. The first kappa shape index (κ1) is 14.0. The molecule has 1 atom stereocenters. The van der Waals surface area contributed by atoms with Crippen LogP contribution in [0.1, 0.15) is 50.1 Å². The highest BCUT2D eigenvalue weighted by atomic mass is 79.9. The zero-order chi connectivity index (χ0) is 13.0. The molecule has 1 aromatic rings. The summed E-state index contributed by atoms with van der Waals surface area (Å²) in [5.41, 5.74) is 3.82. The van der Waals surface area contributed by atoms with Gasteiger partial charge in [0.05, 0.1) is 4.47 Å². The Morgan fingerprint density at radius 1 is 1.22 bits per heavy atom. The third-order valence-electron chi connectivity index (χ3n) is 3.87. The van der Waals surface area contributed by atoms with E-state index >= 15 is 0 Å². The summed E-state index contributed by atoms with van der Waals surface area (Å²) < 4.78 is 14.1. The number of hydrogen-bond acceptors (Lipinski definition) is 2. The van der Waals surface area contributed by atoms with E-state index in [2.05, 4.69) is 21.4 Å². The van der Waals surface area contributed by atoms with E-state index in [1.54, 1.807) is 6.07 Å². The van der Waals surface area contributed by atoms with Crippen LogP contribution in [0.15, 0.2) is 22.7 Å². The normalized spacial score (nSPS) is 19.5. The van der Waals surface area contributed by atoms with Gasteiger partial charge in [0.1, 0.15) is 5.82 Å². The lowest BCUT2D eigenvalue weighted by atomic mass is 9.87. The van der Waals surface area contributed by atoms with Crippen LogP contribution >= 0.6 is 15.9 Å². The number of nitrogens with two attached hydrogens (primary N) is 1. The van der Waals surface area contributed by atoms with Crippen molar-refractivity contribution in [2.75, 3.05) is 0 Å². The predicted molar refractivity (Wildman–Crippen MR) is 75.4 cm³/mol.